The summed E-state index contributed by atoms with van der Waals surface area (Å²) in [6.07, 6.45) is 2.82. The van der Waals surface area contributed by atoms with Crippen LogP contribution in [0.5, 0.6) is 0 Å². The van der Waals surface area contributed by atoms with Gasteiger partial charge in [0.25, 0.3) is 0 Å². The number of carbonyl (C=O) groups excluding carboxylic acids is 1. The van der Waals surface area contributed by atoms with Crippen LogP contribution in [0.1, 0.15) is 38.5 Å². The van der Waals surface area contributed by atoms with Gasteiger partial charge in [-0.3, -0.25) is 0 Å². The average Bonchev–Trinajstić information content (AvgIpc) is 3.05. The number of amides is 1. The predicted molar refractivity (Wildman–Crippen MR) is 115 cm³/mol. The minimum absolute atomic E-state index is 0.0467. The summed E-state index contributed by atoms with van der Waals surface area (Å²) in [6.45, 7) is 7.40. The van der Waals surface area contributed by atoms with Gasteiger partial charge in [-0.15, -0.1) is 11.3 Å². The van der Waals surface area contributed by atoms with E-state index in [4.69, 9.17) is 16.3 Å². The molecule has 0 aliphatic carbocycles. The van der Waals surface area contributed by atoms with Crippen LogP contribution in [0.3, 0.4) is 0 Å². The molecule has 9 heteroatoms. The average molecular weight is 441 g/mol. The van der Waals surface area contributed by atoms with Gasteiger partial charge in [0.1, 0.15) is 11.4 Å². The smallest absolute Gasteiger partial charge is 0.407 e. The van der Waals surface area contributed by atoms with Crippen LogP contribution >= 0.6 is 22.9 Å². The fraction of sp³-hybridized carbons (Fsp3) is 0.500. The van der Waals surface area contributed by atoms with Crippen molar-refractivity contribution < 1.29 is 13.9 Å². The largest absolute Gasteiger partial charge is 0.444 e. The third-order valence-electron chi connectivity index (χ3n) is 4.51. The molecule has 2 heterocycles. The molecule has 1 fully saturated rings. The maximum absolute atomic E-state index is 14.5. The number of aromatic nitrogens is 1. The number of hydrogen-bond donors (Lipinski definition) is 2. The van der Waals surface area contributed by atoms with E-state index < -0.39 is 11.7 Å². The quantitative estimate of drug-likeness (QED) is 0.681. The van der Waals surface area contributed by atoms with Crippen molar-refractivity contribution in [2.24, 2.45) is 0 Å². The van der Waals surface area contributed by atoms with E-state index in [0.29, 0.717) is 29.8 Å². The first kappa shape index (κ1) is 21.6. The number of para-hydroxylation sites is 1. The Labute approximate surface area is 179 Å². The molecule has 1 aliphatic rings. The van der Waals surface area contributed by atoms with Gasteiger partial charge in [0.05, 0.1) is 17.9 Å². The number of nitrogens with one attached hydrogen (secondary N) is 2. The van der Waals surface area contributed by atoms with E-state index in [1.54, 1.807) is 12.3 Å². The first-order valence-corrected chi connectivity index (χ1v) is 10.8. The second-order valence-corrected chi connectivity index (χ2v) is 9.67. The van der Waals surface area contributed by atoms with Gasteiger partial charge in [0.2, 0.25) is 0 Å². The Morgan fingerprint density at radius 3 is 2.72 bits per heavy atom. The summed E-state index contributed by atoms with van der Waals surface area (Å²) in [6, 6.07) is 5.12. The molecule has 29 heavy (non-hydrogen) atoms. The molecule has 0 unspecified atom stereocenters. The Hall–Kier alpha value is -2.06. The van der Waals surface area contributed by atoms with E-state index in [0.717, 1.165) is 23.4 Å². The van der Waals surface area contributed by atoms with Crippen molar-refractivity contribution in [1.29, 1.82) is 0 Å². The van der Waals surface area contributed by atoms with Gasteiger partial charge in [-0.25, -0.2) is 14.2 Å². The van der Waals surface area contributed by atoms with E-state index in [9.17, 15) is 9.18 Å². The lowest BCUT2D eigenvalue weighted by Crippen LogP contribution is -2.46. The molecule has 1 aromatic carbocycles. The van der Waals surface area contributed by atoms with E-state index in [1.165, 1.54) is 17.4 Å². The molecule has 0 radical (unpaired) electrons. The third kappa shape index (κ3) is 6.21. The van der Waals surface area contributed by atoms with E-state index in [-0.39, 0.29) is 11.9 Å². The molecule has 2 aromatic rings. The van der Waals surface area contributed by atoms with Gasteiger partial charge in [0, 0.05) is 30.2 Å². The molecule has 0 spiro atoms. The molecule has 1 amide bonds. The second-order valence-electron chi connectivity index (χ2n) is 7.97. The monoisotopic (exact) mass is 440 g/mol. The molecule has 0 bridgehead atoms. The summed E-state index contributed by atoms with van der Waals surface area (Å²) in [5.74, 6) is -0.299. The third-order valence-corrected chi connectivity index (χ3v) is 5.63. The van der Waals surface area contributed by atoms with Crippen LogP contribution in [0, 0.1) is 5.82 Å². The number of hydrogen-bond acceptors (Lipinski definition) is 6. The first-order chi connectivity index (χ1) is 13.7. The Morgan fingerprint density at radius 1 is 1.38 bits per heavy atom. The molecule has 1 saturated heterocycles. The fourth-order valence-corrected chi connectivity index (χ4v) is 4.15. The number of thiazole rings is 1. The van der Waals surface area contributed by atoms with Crippen LogP contribution in [-0.4, -0.2) is 35.8 Å². The maximum atomic E-state index is 14.5. The minimum atomic E-state index is -0.519. The van der Waals surface area contributed by atoms with Crippen molar-refractivity contribution in [2.45, 2.75) is 51.8 Å². The number of nitrogens with zero attached hydrogens (tertiary/aromatic N) is 2. The highest BCUT2D eigenvalue weighted by Gasteiger charge is 2.25. The summed E-state index contributed by atoms with van der Waals surface area (Å²) in [5.41, 5.74) is 0.766. The van der Waals surface area contributed by atoms with Crippen molar-refractivity contribution in [1.82, 2.24) is 10.3 Å². The topological polar surface area (TPSA) is 66.5 Å². The van der Waals surface area contributed by atoms with Crippen molar-refractivity contribution >= 4 is 40.4 Å². The Bertz CT molecular complexity index is 847. The number of benzene rings is 1. The van der Waals surface area contributed by atoms with Gasteiger partial charge in [-0.05, 0) is 45.7 Å². The zero-order chi connectivity index (χ0) is 21.0. The summed E-state index contributed by atoms with van der Waals surface area (Å²) in [4.78, 5) is 19.1. The van der Waals surface area contributed by atoms with Gasteiger partial charge in [-0.2, -0.15) is 0 Å². The molecule has 1 aliphatic heterocycles. The van der Waals surface area contributed by atoms with E-state index in [1.807, 2.05) is 26.8 Å². The lowest BCUT2D eigenvalue weighted by atomic mass is 10.0. The fourth-order valence-electron chi connectivity index (χ4n) is 3.23. The number of anilines is 2. The zero-order valence-electron chi connectivity index (χ0n) is 16.8. The highest BCUT2D eigenvalue weighted by molar-refractivity contribution is 7.15. The number of ether oxygens (including phenoxy) is 1. The molecule has 6 nitrogen and oxygen atoms in total. The number of piperidine rings is 1. The molecule has 2 N–H and O–H groups in total. The van der Waals surface area contributed by atoms with Crippen LogP contribution in [0.4, 0.5) is 20.6 Å². The van der Waals surface area contributed by atoms with E-state index >= 15 is 0 Å². The molecule has 158 valence electrons. The molecular weight excluding hydrogens is 415 g/mol. The predicted octanol–water partition coefficient (Wildman–Crippen LogP) is 5.04. The van der Waals surface area contributed by atoms with Gasteiger partial charge >= 0.3 is 6.09 Å². The number of rotatable bonds is 5. The number of carbonyl (C=O) groups is 1. The maximum Gasteiger partial charge on any atom is 0.407 e. The van der Waals surface area contributed by atoms with Crippen LogP contribution in [-0.2, 0) is 11.3 Å². The number of alkyl carbamates (subject to hydrolysis) is 1. The standard InChI is InChI=1S/C20H26ClFN4O2S/c1-20(2,3)28-19(27)25-13-7-9-26(10-8-13)16-6-4-5-15(22)17(16)23-11-14-12-24-18(21)29-14/h4-6,12-13,23H,7-11H2,1-3H3,(H,25,27). The minimum Gasteiger partial charge on any atom is -0.444 e. The van der Waals surface area contributed by atoms with Crippen molar-refractivity contribution in [3.8, 4) is 0 Å². The van der Waals surface area contributed by atoms with Gasteiger partial charge in [-0.1, -0.05) is 17.7 Å². The van der Waals surface area contributed by atoms with E-state index in [2.05, 4.69) is 20.5 Å². The van der Waals surface area contributed by atoms with Crippen molar-refractivity contribution in [3.05, 3.63) is 39.6 Å². The van der Waals surface area contributed by atoms with Crippen molar-refractivity contribution in [2.75, 3.05) is 23.3 Å². The summed E-state index contributed by atoms with van der Waals surface area (Å²) in [7, 11) is 0. The van der Waals surface area contributed by atoms with Gasteiger partial charge in [0.15, 0.2) is 4.47 Å². The molecular formula is C20H26ClFN4O2S. The normalized spacial score (nSPS) is 15.3. The Balaban J connectivity index is 1.60. The zero-order valence-corrected chi connectivity index (χ0v) is 18.4. The molecule has 0 atom stereocenters. The Morgan fingerprint density at radius 2 is 2.10 bits per heavy atom. The second kappa shape index (κ2) is 9.17. The van der Waals surface area contributed by atoms with Crippen molar-refractivity contribution in [3.63, 3.8) is 0 Å². The summed E-state index contributed by atoms with van der Waals surface area (Å²) < 4.78 is 20.3. The molecule has 1 aromatic heterocycles. The summed E-state index contributed by atoms with van der Waals surface area (Å²) in [5, 5.41) is 6.11. The molecule has 0 saturated carbocycles. The first-order valence-electron chi connectivity index (χ1n) is 9.58. The van der Waals surface area contributed by atoms with Crippen LogP contribution in [0.15, 0.2) is 24.4 Å². The lowest BCUT2D eigenvalue weighted by molar-refractivity contribution is 0.0497. The lowest BCUT2D eigenvalue weighted by Gasteiger charge is -2.35. The highest BCUT2D eigenvalue weighted by Crippen LogP contribution is 2.32. The number of halogens is 2. The van der Waals surface area contributed by atoms with Crippen LogP contribution in [0.25, 0.3) is 0 Å². The highest BCUT2D eigenvalue weighted by atomic mass is 35.5. The SMILES string of the molecule is CC(C)(C)OC(=O)NC1CCN(c2cccc(F)c2NCc2cnc(Cl)s2)CC1. The Kier molecular flexibility index (Phi) is 6.85. The molecule has 3 rings (SSSR count). The van der Waals surface area contributed by atoms with Crippen LogP contribution in [0.2, 0.25) is 4.47 Å². The van der Waals surface area contributed by atoms with Gasteiger partial charge < -0.3 is 20.3 Å². The van der Waals surface area contributed by atoms with Crippen LogP contribution < -0.4 is 15.5 Å². The summed E-state index contributed by atoms with van der Waals surface area (Å²) >= 11 is 7.24.